The quantitative estimate of drug-likeness (QED) is 0.240. The van der Waals surface area contributed by atoms with Gasteiger partial charge >= 0.3 is 5.97 Å². The molecule has 1 N–H and O–H groups in total. The number of carboxylic acid groups (broad SMARTS) is 1. The molecule has 2 amide bonds. The minimum absolute atomic E-state index is 0.0919. The molecule has 5 nitrogen and oxygen atoms in total. The zero-order chi connectivity index (χ0) is 22.0. The molecule has 0 heterocycles. The Balaban J connectivity index is 2.25. The molecule has 0 spiro atoms. The molecule has 0 aliphatic rings. The van der Waals surface area contributed by atoms with Crippen molar-refractivity contribution in [3.63, 3.8) is 0 Å². The van der Waals surface area contributed by atoms with Crippen molar-refractivity contribution >= 4 is 93.9 Å². The summed E-state index contributed by atoms with van der Waals surface area (Å²) in [6.45, 7) is 0. The molecule has 152 valence electrons. The lowest BCUT2D eigenvalue weighted by Gasteiger charge is -2.24. The van der Waals surface area contributed by atoms with E-state index in [1.807, 2.05) is 6.07 Å². The first-order valence-corrected chi connectivity index (χ1v) is 11.8. The molecule has 0 unspecified atom stereocenters. The molecule has 0 aromatic heterocycles. The van der Waals surface area contributed by atoms with E-state index >= 15 is 0 Å². The lowest BCUT2D eigenvalue weighted by molar-refractivity contribution is 0.0690. The average molecular weight is 708 g/mol. The van der Waals surface area contributed by atoms with Crippen molar-refractivity contribution in [3.8, 4) is 0 Å². The lowest BCUT2D eigenvalue weighted by Crippen LogP contribution is -2.38. The third-order valence-electron chi connectivity index (χ3n) is 4.07. The molecule has 9 heteroatoms. The van der Waals surface area contributed by atoms with Gasteiger partial charge < -0.3 is 5.11 Å². The minimum atomic E-state index is -1.26. The van der Waals surface area contributed by atoms with Crippen LogP contribution < -0.4 is 4.90 Å². The fourth-order valence-electron chi connectivity index (χ4n) is 2.77. The number of nitrogens with zero attached hydrogens (tertiary/aromatic N) is 1. The Morgan fingerprint density at radius 3 is 1.97 bits per heavy atom. The molecule has 0 atom stereocenters. The van der Waals surface area contributed by atoms with Gasteiger partial charge in [-0.05, 0) is 96.9 Å². The highest BCUT2D eigenvalue weighted by atomic mass is 127. The number of halogens is 4. The number of imide groups is 1. The van der Waals surface area contributed by atoms with E-state index < -0.39 is 17.8 Å². The van der Waals surface area contributed by atoms with Crippen molar-refractivity contribution in [2.75, 3.05) is 4.90 Å². The van der Waals surface area contributed by atoms with Crippen LogP contribution in [-0.2, 0) is 0 Å². The van der Waals surface area contributed by atoms with Crippen molar-refractivity contribution in [3.05, 3.63) is 94.3 Å². The minimum Gasteiger partial charge on any atom is -0.478 e. The first kappa shape index (κ1) is 23.1. The summed E-state index contributed by atoms with van der Waals surface area (Å²) in [6.07, 6.45) is 0. The Hall–Kier alpha value is -1.56. The van der Waals surface area contributed by atoms with Gasteiger partial charge in [-0.1, -0.05) is 34.1 Å². The van der Waals surface area contributed by atoms with Gasteiger partial charge in [0, 0.05) is 22.6 Å². The van der Waals surface area contributed by atoms with Gasteiger partial charge in [0.2, 0.25) is 0 Å². The van der Waals surface area contributed by atoms with E-state index in [4.69, 9.17) is 0 Å². The third kappa shape index (κ3) is 4.84. The summed E-state index contributed by atoms with van der Waals surface area (Å²) in [6, 6.07) is 16.0. The van der Waals surface area contributed by atoms with Crippen LogP contribution in [0.3, 0.4) is 0 Å². The molecule has 30 heavy (non-hydrogen) atoms. The molecule has 0 radical (unpaired) electrons. The van der Waals surface area contributed by atoms with Gasteiger partial charge in [-0.25, -0.2) is 9.69 Å². The Labute approximate surface area is 211 Å². The van der Waals surface area contributed by atoms with Gasteiger partial charge in [0.1, 0.15) is 0 Å². The molecule has 0 saturated carbocycles. The molecule has 0 aliphatic carbocycles. The van der Waals surface area contributed by atoms with Gasteiger partial charge in [0.15, 0.2) is 0 Å². The summed E-state index contributed by atoms with van der Waals surface area (Å²) < 4.78 is 2.50. The van der Waals surface area contributed by atoms with Crippen LogP contribution in [0.15, 0.2) is 74.1 Å². The highest BCUT2D eigenvalue weighted by Gasteiger charge is 2.31. The predicted molar refractivity (Wildman–Crippen MR) is 133 cm³/mol. The molecule has 0 saturated heterocycles. The first-order valence-electron chi connectivity index (χ1n) is 8.32. The molecule has 0 fully saturated rings. The number of anilines is 1. The number of hydrogen-bond donors (Lipinski definition) is 1. The Morgan fingerprint density at radius 2 is 1.40 bits per heavy atom. The number of carboxylic acids is 1. The second kappa shape index (κ2) is 9.71. The zero-order valence-corrected chi connectivity index (χ0v) is 21.8. The number of carbonyl (C=O) groups is 3. The van der Waals surface area contributed by atoms with Gasteiger partial charge in [0.25, 0.3) is 11.8 Å². The summed E-state index contributed by atoms with van der Waals surface area (Å²) in [5, 5.41) is 9.52. The normalized spacial score (nSPS) is 10.5. The first-order chi connectivity index (χ1) is 14.2. The van der Waals surface area contributed by atoms with Crippen molar-refractivity contribution in [1.82, 2.24) is 0 Å². The number of benzene rings is 3. The highest BCUT2D eigenvalue weighted by Crippen LogP contribution is 2.39. The zero-order valence-electron chi connectivity index (χ0n) is 14.9. The van der Waals surface area contributed by atoms with E-state index in [1.54, 1.807) is 36.4 Å². The van der Waals surface area contributed by atoms with E-state index in [9.17, 15) is 19.5 Å². The second-order valence-corrected chi connectivity index (χ2v) is 9.89. The van der Waals surface area contributed by atoms with Crippen LogP contribution in [0.2, 0.25) is 0 Å². The van der Waals surface area contributed by atoms with Crippen molar-refractivity contribution in [2.45, 2.75) is 0 Å². The summed E-state index contributed by atoms with van der Waals surface area (Å²) in [5.41, 5.74) is 0.287. The second-order valence-electron chi connectivity index (χ2n) is 6.02. The smallest absolute Gasteiger partial charge is 0.336 e. The molecule has 3 rings (SSSR count). The summed E-state index contributed by atoms with van der Waals surface area (Å²) >= 11 is 12.3. The van der Waals surface area contributed by atoms with Crippen LogP contribution in [-0.4, -0.2) is 22.9 Å². The van der Waals surface area contributed by atoms with E-state index in [0.29, 0.717) is 14.5 Å². The number of amides is 2. The van der Waals surface area contributed by atoms with Gasteiger partial charge in [-0.15, -0.1) is 0 Å². The van der Waals surface area contributed by atoms with Crippen LogP contribution in [0, 0.1) is 3.57 Å². The van der Waals surface area contributed by atoms with Gasteiger partial charge in [-0.2, -0.15) is 0 Å². The van der Waals surface area contributed by atoms with Crippen LogP contribution in [0.4, 0.5) is 5.69 Å². The number of carbonyl (C=O) groups excluding carboxylic acids is 2. The molecular formula is C21H11Br3INO4. The molecule has 0 bridgehead atoms. The lowest BCUT2D eigenvalue weighted by atomic mass is 10.0. The Kier molecular flexibility index (Phi) is 7.48. The third-order valence-corrected chi connectivity index (χ3v) is 6.41. The van der Waals surface area contributed by atoms with E-state index in [1.165, 1.54) is 18.2 Å². The number of hydrogen-bond acceptors (Lipinski definition) is 3. The van der Waals surface area contributed by atoms with Crippen LogP contribution >= 0.6 is 70.4 Å². The van der Waals surface area contributed by atoms with Crippen LogP contribution in [0.5, 0.6) is 0 Å². The fourth-order valence-corrected chi connectivity index (χ4v) is 5.93. The summed E-state index contributed by atoms with van der Waals surface area (Å²) in [5.74, 6) is -2.59. The molecule has 3 aromatic carbocycles. The van der Waals surface area contributed by atoms with E-state index in [-0.39, 0.29) is 16.8 Å². The number of aromatic carboxylic acids is 1. The molecule has 0 aliphatic heterocycles. The van der Waals surface area contributed by atoms with Crippen LogP contribution in [0.25, 0.3) is 0 Å². The molecule has 3 aromatic rings. The molecular weight excluding hydrogens is 697 g/mol. The van der Waals surface area contributed by atoms with Crippen molar-refractivity contribution < 1.29 is 19.5 Å². The topological polar surface area (TPSA) is 74.7 Å². The SMILES string of the molecule is O=C(O)c1ccccc1C(=O)N(C(=O)c1cccc(I)c1)c1c(Br)cc(Br)cc1Br. The summed E-state index contributed by atoms with van der Waals surface area (Å²) in [7, 11) is 0. The van der Waals surface area contributed by atoms with E-state index in [2.05, 4.69) is 70.4 Å². The maximum Gasteiger partial charge on any atom is 0.336 e. The number of rotatable bonds is 4. The predicted octanol–water partition coefficient (Wildman–Crippen LogP) is 6.76. The average Bonchev–Trinajstić information content (AvgIpc) is 2.69. The fraction of sp³-hybridized carbons (Fsp3) is 0. The Morgan fingerprint density at radius 1 is 0.800 bits per heavy atom. The summed E-state index contributed by atoms with van der Waals surface area (Å²) in [4.78, 5) is 39.7. The maximum atomic E-state index is 13.5. The standard InChI is InChI=1S/C21H11Br3INO4/c22-12-9-16(23)18(17(24)10-12)26(19(27)11-4-3-5-13(25)8-11)20(28)14-6-1-2-7-15(14)21(29)30/h1-10H,(H,29,30). The Bertz CT molecular complexity index is 1160. The van der Waals surface area contributed by atoms with Crippen molar-refractivity contribution in [2.24, 2.45) is 0 Å². The van der Waals surface area contributed by atoms with Gasteiger partial charge in [-0.3, -0.25) is 9.59 Å². The monoisotopic (exact) mass is 705 g/mol. The van der Waals surface area contributed by atoms with E-state index in [0.717, 1.165) is 12.9 Å². The van der Waals surface area contributed by atoms with Crippen LogP contribution in [0.1, 0.15) is 31.1 Å². The highest BCUT2D eigenvalue weighted by molar-refractivity contribution is 14.1. The maximum absolute atomic E-state index is 13.5. The largest absolute Gasteiger partial charge is 0.478 e. The van der Waals surface area contributed by atoms with Crippen molar-refractivity contribution in [1.29, 1.82) is 0 Å². The van der Waals surface area contributed by atoms with Gasteiger partial charge in [0.05, 0.1) is 16.8 Å².